The van der Waals surface area contributed by atoms with Crippen molar-refractivity contribution in [2.24, 2.45) is 0 Å². The third-order valence-corrected chi connectivity index (χ3v) is 1.99. The van der Waals surface area contributed by atoms with E-state index in [-0.39, 0.29) is 6.04 Å². The Balaban J connectivity index is 2.22. The fraction of sp³-hybridized carbons (Fsp3) is 0.857. The molecule has 0 spiro atoms. The Morgan fingerprint density at radius 1 is 1.64 bits per heavy atom. The van der Waals surface area contributed by atoms with Gasteiger partial charge in [0.15, 0.2) is 0 Å². The second kappa shape index (κ2) is 3.57. The van der Waals surface area contributed by atoms with Crippen molar-refractivity contribution in [2.45, 2.75) is 31.8 Å². The minimum atomic E-state index is -0.925. The van der Waals surface area contributed by atoms with Crippen molar-refractivity contribution < 1.29 is 9.90 Å². The van der Waals surface area contributed by atoms with Crippen molar-refractivity contribution in [3.05, 3.63) is 0 Å². The lowest BCUT2D eigenvalue weighted by molar-refractivity contribution is 0.185. The van der Waals surface area contributed by atoms with Gasteiger partial charge in [-0.2, -0.15) is 0 Å². The molecule has 4 heteroatoms. The van der Waals surface area contributed by atoms with Crippen LogP contribution in [0.1, 0.15) is 19.8 Å². The Morgan fingerprint density at radius 3 is 2.82 bits per heavy atom. The monoisotopic (exact) mass is 158 g/mol. The molecule has 11 heavy (non-hydrogen) atoms. The molecule has 1 aliphatic heterocycles. The van der Waals surface area contributed by atoms with E-state index in [1.807, 2.05) is 0 Å². The van der Waals surface area contributed by atoms with Crippen molar-refractivity contribution in [1.82, 2.24) is 10.6 Å². The standard InChI is InChI=1S/C7H14N2O2/c1-5-2-3-6(4-8-5)9-7(10)11/h5-6,8-9H,2-4H2,1H3,(H,10,11). The van der Waals surface area contributed by atoms with Gasteiger partial charge in [0, 0.05) is 18.6 Å². The summed E-state index contributed by atoms with van der Waals surface area (Å²) in [4.78, 5) is 10.2. The van der Waals surface area contributed by atoms with Crippen molar-refractivity contribution in [1.29, 1.82) is 0 Å². The second-order valence-corrected chi connectivity index (χ2v) is 3.03. The van der Waals surface area contributed by atoms with E-state index >= 15 is 0 Å². The summed E-state index contributed by atoms with van der Waals surface area (Å²) >= 11 is 0. The van der Waals surface area contributed by atoms with Crippen LogP contribution in [0.4, 0.5) is 4.79 Å². The lowest BCUT2D eigenvalue weighted by atomic mass is 10.0. The highest BCUT2D eigenvalue weighted by atomic mass is 16.4. The largest absolute Gasteiger partial charge is 0.465 e. The third-order valence-electron chi connectivity index (χ3n) is 1.99. The zero-order valence-electron chi connectivity index (χ0n) is 6.63. The molecule has 4 nitrogen and oxygen atoms in total. The third kappa shape index (κ3) is 2.76. The quantitative estimate of drug-likeness (QED) is 0.517. The van der Waals surface area contributed by atoms with Crippen LogP contribution in [0, 0.1) is 0 Å². The molecule has 0 aromatic heterocycles. The van der Waals surface area contributed by atoms with E-state index in [9.17, 15) is 4.79 Å². The van der Waals surface area contributed by atoms with Gasteiger partial charge in [-0.1, -0.05) is 0 Å². The number of hydrogen-bond acceptors (Lipinski definition) is 2. The molecule has 0 aromatic carbocycles. The maximum absolute atomic E-state index is 10.2. The minimum absolute atomic E-state index is 0.101. The maximum Gasteiger partial charge on any atom is 0.404 e. The Hall–Kier alpha value is -0.770. The molecule has 1 rings (SSSR count). The molecule has 0 bridgehead atoms. The normalized spacial score (nSPS) is 31.4. The molecule has 1 heterocycles. The van der Waals surface area contributed by atoms with Crippen LogP contribution < -0.4 is 10.6 Å². The molecule has 1 aliphatic rings. The van der Waals surface area contributed by atoms with Crippen molar-refractivity contribution in [3.63, 3.8) is 0 Å². The Labute approximate surface area is 66.0 Å². The summed E-state index contributed by atoms with van der Waals surface area (Å²) in [5, 5.41) is 14.1. The molecule has 0 aliphatic carbocycles. The number of carbonyl (C=O) groups is 1. The summed E-state index contributed by atoms with van der Waals surface area (Å²) in [6.45, 7) is 2.87. The number of piperidine rings is 1. The highest BCUT2D eigenvalue weighted by Crippen LogP contribution is 2.06. The molecule has 0 saturated carbocycles. The summed E-state index contributed by atoms with van der Waals surface area (Å²) in [6.07, 6.45) is 1.07. The van der Waals surface area contributed by atoms with Gasteiger partial charge in [0.1, 0.15) is 0 Å². The van der Waals surface area contributed by atoms with E-state index in [0.717, 1.165) is 19.4 Å². The Kier molecular flexibility index (Phi) is 2.70. The smallest absolute Gasteiger partial charge is 0.404 e. The number of nitrogens with one attached hydrogen (secondary N) is 2. The molecule has 2 unspecified atom stereocenters. The lowest BCUT2D eigenvalue weighted by Crippen LogP contribution is -2.48. The molecule has 1 fully saturated rings. The van der Waals surface area contributed by atoms with Gasteiger partial charge < -0.3 is 15.7 Å². The Bertz CT molecular complexity index is 141. The van der Waals surface area contributed by atoms with Gasteiger partial charge in [-0.3, -0.25) is 0 Å². The average Bonchev–Trinajstić information content (AvgIpc) is 1.93. The van der Waals surface area contributed by atoms with E-state index in [1.54, 1.807) is 0 Å². The first-order chi connectivity index (χ1) is 5.18. The molecular formula is C7H14N2O2. The van der Waals surface area contributed by atoms with E-state index < -0.39 is 6.09 Å². The SMILES string of the molecule is CC1CCC(NC(=O)O)CN1. The Morgan fingerprint density at radius 2 is 2.36 bits per heavy atom. The van der Waals surface area contributed by atoms with Gasteiger partial charge in [0.05, 0.1) is 0 Å². The predicted molar refractivity (Wildman–Crippen MR) is 41.6 cm³/mol. The number of amides is 1. The molecule has 3 N–H and O–H groups in total. The minimum Gasteiger partial charge on any atom is -0.465 e. The highest BCUT2D eigenvalue weighted by molar-refractivity contribution is 5.64. The summed E-state index contributed by atoms with van der Waals surface area (Å²) in [7, 11) is 0. The first-order valence-electron chi connectivity index (χ1n) is 3.91. The van der Waals surface area contributed by atoms with Gasteiger partial charge in [-0.15, -0.1) is 0 Å². The van der Waals surface area contributed by atoms with Crippen LogP contribution in [0.25, 0.3) is 0 Å². The summed E-state index contributed by atoms with van der Waals surface area (Å²) < 4.78 is 0. The van der Waals surface area contributed by atoms with Crippen molar-refractivity contribution in [2.75, 3.05) is 6.54 Å². The summed E-state index contributed by atoms with van der Waals surface area (Å²) in [5.41, 5.74) is 0. The van der Waals surface area contributed by atoms with E-state index in [1.165, 1.54) is 0 Å². The van der Waals surface area contributed by atoms with Gasteiger partial charge >= 0.3 is 6.09 Å². The first kappa shape index (κ1) is 8.33. The van der Waals surface area contributed by atoms with E-state index in [4.69, 9.17) is 5.11 Å². The maximum atomic E-state index is 10.2. The van der Waals surface area contributed by atoms with Crippen molar-refractivity contribution >= 4 is 6.09 Å². The van der Waals surface area contributed by atoms with Gasteiger partial charge in [-0.25, -0.2) is 4.79 Å². The number of carboxylic acid groups (broad SMARTS) is 1. The summed E-state index contributed by atoms with van der Waals surface area (Å²) in [6, 6.07) is 0.630. The van der Waals surface area contributed by atoms with Crippen LogP contribution in [0.15, 0.2) is 0 Å². The predicted octanol–water partition coefficient (Wildman–Crippen LogP) is 0.394. The van der Waals surface area contributed by atoms with Crippen LogP contribution in [0.5, 0.6) is 0 Å². The van der Waals surface area contributed by atoms with Crippen LogP contribution in [-0.2, 0) is 0 Å². The van der Waals surface area contributed by atoms with Crippen molar-refractivity contribution in [3.8, 4) is 0 Å². The van der Waals surface area contributed by atoms with Crippen LogP contribution >= 0.6 is 0 Å². The average molecular weight is 158 g/mol. The van der Waals surface area contributed by atoms with Gasteiger partial charge in [-0.05, 0) is 19.8 Å². The molecule has 0 aromatic rings. The molecule has 0 radical (unpaired) electrons. The fourth-order valence-electron chi connectivity index (χ4n) is 1.30. The van der Waals surface area contributed by atoms with E-state index in [0.29, 0.717) is 6.04 Å². The fourth-order valence-corrected chi connectivity index (χ4v) is 1.30. The van der Waals surface area contributed by atoms with Crippen LogP contribution in [0.3, 0.4) is 0 Å². The second-order valence-electron chi connectivity index (χ2n) is 3.03. The highest BCUT2D eigenvalue weighted by Gasteiger charge is 2.18. The molecular weight excluding hydrogens is 144 g/mol. The molecule has 64 valence electrons. The number of rotatable bonds is 1. The van der Waals surface area contributed by atoms with Gasteiger partial charge in [0.2, 0.25) is 0 Å². The topological polar surface area (TPSA) is 61.4 Å². The van der Waals surface area contributed by atoms with Gasteiger partial charge in [0.25, 0.3) is 0 Å². The molecule has 1 saturated heterocycles. The van der Waals surface area contributed by atoms with E-state index in [2.05, 4.69) is 17.6 Å². The zero-order valence-corrected chi connectivity index (χ0v) is 6.63. The van der Waals surface area contributed by atoms with Crippen LogP contribution in [0.2, 0.25) is 0 Å². The first-order valence-corrected chi connectivity index (χ1v) is 3.91. The summed E-state index contributed by atoms with van der Waals surface area (Å²) in [5.74, 6) is 0. The lowest BCUT2D eigenvalue weighted by Gasteiger charge is -2.27. The van der Waals surface area contributed by atoms with Crippen LogP contribution in [-0.4, -0.2) is 29.8 Å². The number of hydrogen-bond donors (Lipinski definition) is 3. The molecule has 1 amide bonds. The molecule has 2 atom stereocenters. The zero-order chi connectivity index (χ0) is 8.27.